The van der Waals surface area contributed by atoms with Gasteiger partial charge in [0.15, 0.2) is 0 Å². The van der Waals surface area contributed by atoms with Gasteiger partial charge in [-0.1, -0.05) is 48.9 Å². The molecule has 2 rings (SSSR count). The summed E-state index contributed by atoms with van der Waals surface area (Å²) in [6.07, 6.45) is 1.49. The van der Waals surface area contributed by atoms with Crippen LogP contribution < -0.4 is 9.62 Å². The summed E-state index contributed by atoms with van der Waals surface area (Å²) in [5, 5.41) is 2.62. The molecule has 7 nitrogen and oxygen atoms in total. The number of hydrogen-bond acceptors (Lipinski definition) is 4. The van der Waals surface area contributed by atoms with E-state index in [0.717, 1.165) is 32.8 Å². The first-order chi connectivity index (χ1) is 15.0. The number of rotatable bonds is 9. The van der Waals surface area contributed by atoms with Gasteiger partial charge in [0.2, 0.25) is 21.8 Å². The third-order valence-electron chi connectivity index (χ3n) is 5.38. The molecule has 0 bridgehead atoms. The van der Waals surface area contributed by atoms with Crippen LogP contribution in [0.2, 0.25) is 0 Å². The highest BCUT2D eigenvalue weighted by atomic mass is 32.2. The summed E-state index contributed by atoms with van der Waals surface area (Å²) < 4.78 is 26.4. The Labute approximate surface area is 191 Å². The highest BCUT2D eigenvalue weighted by molar-refractivity contribution is 7.92. The Balaban J connectivity index is 2.47. The van der Waals surface area contributed by atoms with Crippen molar-refractivity contribution in [1.82, 2.24) is 10.2 Å². The van der Waals surface area contributed by atoms with E-state index in [2.05, 4.69) is 5.32 Å². The zero-order valence-corrected chi connectivity index (χ0v) is 20.5. The average molecular weight is 460 g/mol. The molecule has 32 heavy (non-hydrogen) atoms. The van der Waals surface area contributed by atoms with Crippen LogP contribution >= 0.6 is 0 Å². The fraction of sp³-hybridized carbons (Fsp3) is 0.417. The SMILES string of the molecule is CC[C@@H](C(=O)NC)N(Cc1cccc(C)c1)C(=O)CN(c1cc(C)ccc1C)S(C)(=O)=O. The van der Waals surface area contributed by atoms with Gasteiger partial charge in [0.05, 0.1) is 11.9 Å². The number of carbonyl (C=O) groups excluding carboxylic acids is 2. The van der Waals surface area contributed by atoms with Crippen LogP contribution in [0.4, 0.5) is 5.69 Å². The normalized spacial score (nSPS) is 12.2. The van der Waals surface area contributed by atoms with Crippen molar-refractivity contribution in [2.24, 2.45) is 0 Å². The number of nitrogens with zero attached hydrogens (tertiary/aromatic N) is 2. The van der Waals surface area contributed by atoms with Gasteiger partial charge in [0, 0.05) is 13.6 Å². The van der Waals surface area contributed by atoms with Crippen LogP contribution in [-0.2, 0) is 26.2 Å². The van der Waals surface area contributed by atoms with Gasteiger partial charge >= 0.3 is 0 Å². The predicted octanol–water partition coefficient (Wildman–Crippen LogP) is 2.93. The van der Waals surface area contributed by atoms with E-state index >= 15 is 0 Å². The molecule has 174 valence electrons. The molecule has 8 heteroatoms. The molecule has 0 unspecified atom stereocenters. The Morgan fingerprint density at radius 3 is 2.25 bits per heavy atom. The van der Waals surface area contributed by atoms with Gasteiger partial charge in [-0.2, -0.15) is 0 Å². The number of hydrogen-bond donors (Lipinski definition) is 1. The minimum Gasteiger partial charge on any atom is -0.357 e. The Morgan fingerprint density at radius 1 is 1.03 bits per heavy atom. The Kier molecular flexibility index (Phi) is 8.44. The maximum absolute atomic E-state index is 13.5. The smallest absolute Gasteiger partial charge is 0.244 e. The van der Waals surface area contributed by atoms with Crippen LogP contribution in [0, 0.1) is 20.8 Å². The fourth-order valence-electron chi connectivity index (χ4n) is 3.68. The second-order valence-electron chi connectivity index (χ2n) is 8.11. The first kappa shape index (κ1) is 25.4. The molecule has 0 saturated carbocycles. The summed E-state index contributed by atoms with van der Waals surface area (Å²) in [5.74, 6) is -0.723. The van der Waals surface area contributed by atoms with E-state index in [1.807, 2.05) is 57.2 Å². The Hall–Kier alpha value is -2.87. The largest absolute Gasteiger partial charge is 0.357 e. The van der Waals surface area contributed by atoms with Crippen molar-refractivity contribution in [3.05, 3.63) is 64.7 Å². The van der Waals surface area contributed by atoms with Crippen LogP contribution in [0.5, 0.6) is 0 Å². The van der Waals surface area contributed by atoms with Crippen LogP contribution in [0.3, 0.4) is 0 Å². The second-order valence-corrected chi connectivity index (χ2v) is 10.0. The summed E-state index contributed by atoms with van der Waals surface area (Å²) in [6, 6.07) is 12.5. The molecule has 1 atom stereocenters. The van der Waals surface area contributed by atoms with Gasteiger partial charge in [-0.3, -0.25) is 13.9 Å². The highest BCUT2D eigenvalue weighted by Crippen LogP contribution is 2.25. The minimum absolute atomic E-state index is 0.205. The summed E-state index contributed by atoms with van der Waals surface area (Å²) in [7, 11) is -2.21. The lowest BCUT2D eigenvalue weighted by molar-refractivity contribution is -0.140. The number of amides is 2. The van der Waals surface area contributed by atoms with E-state index in [0.29, 0.717) is 12.1 Å². The molecule has 0 radical (unpaired) electrons. The molecule has 0 aliphatic carbocycles. The molecular formula is C24H33N3O4S. The zero-order chi connectivity index (χ0) is 24.1. The van der Waals surface area contributed by atoms with Crippen LogP contribution in [0.1, 0.15) is 35.6 Å². The standard InChI is InChI=1S/C24H33N3O4S/c1-7-21(24(29)25-5)26(15-20-10-8-9-17(2)13-20)23(28)16-27(32(6,30)31)22-14-18(3)11-12-19(22)4/h8-14,21H,7,15-16H2,1-6H3,(H,25,29)/t21-/m0/s1. The average Bonchev–Trinajstić information content (AvgIpc) is 2.72. The van der Waals surface area contributed by atoms with Crippen molar-refractivity contribution >= 4 is 27.5 Å². The lowest BCUT2D eigenvalue weighted by Gasteiger charge is -2.33. The first-order valence-electron chi connectivity index (χ1n) is 10.6. The maximum Gasteiger partial charge on any atom is 0.244 e. The summed E-state index contributed by atoms with van der Waals surface area (Å²) in [5.41, 5.74) is 4.01. The van der Waals surface area contributed by atoms with Gasteiger partial charge in [-0.25, -0.2) is 8.42 Å². The van der Waals surface area contributed by atoms with E-state index < -0.39 is 22.0 Å². The molecular weight excluding hydrogens is 426 g/mol. The predicted molar refractivity (Wildman–Crippen MR) is 128 cm³/mol. The topological polar surface area (TPSA) is 86.8 Å². The monoisotopic (exact) mass is 459 g/mol. The van der Waals surface area contributed by atoms with E-state index in [9.17, 15) is 18.0 Å². The Bertz CT molecular complexity index is 1080. The fourth-order valence-corrected chi connectivity index (χ4v) is 4.58. The molecule has 1 N–H and O–H groups in total. The number of carbonyl (C=O) groups is 2. The molecule has 0 aliphatic rings. The van der Waals surface area contributed by atoms with E-state index in [1.165, 1.54) is 11.9 Å². The molecule has 0 saturated heterocycles. The van der Waals surface area contributed by atoms with Crippen molar-refractivity contribution in [1.29, 1.82) is 0 Å². The molecule has 0 heterocycles. The molecule has 0 fully saturated rings. The number of anilines is 1. The number of nitrogens with one attached hydrogen (secondary N) is 1. The molecule has 0 aliphatic heterocycles. The van der Waals surface area contributed by atoms with Crippen molar-refractivity contribution in [3.8, 4) is 0 Å². The van der Waals surface area contributed by atoms with E-state index in [1.54, 1.807) is 13.0 Å². The molecule has 2 aromatic rings. The summed E-state index contributed by atoms with van der Waals surface area (Å²) in [4.78, 5) is 27.5. The molecule has 0 aromatic heterocycles. The van der Waals surface area contributed by atoms with Gasteiger partial charge in [0.25, 0.3) is 0 Å². The van der Waals surface area contributed by atoms with Gasteiger partial charge in [0.1, 0.15) is 12.6 Å². The zero-order valence-electron chi connectivity index (χ0n) is 19.7. The molecule has 2 aromatic carbocycles. The van der Waals surface area contributed by atoms with E-state index in [4.69, 9.17) is 0 Å². The van der Waals surface area contributed by atoms with Crippen LogP contribution in [0.25, 0.3) is 0 Å². The minimum atomic E-state index is -3.74. The Morgan fingerprint density at radius 2 is 1.69 bits per heavy atom. The number of benzene rings is 2. The van der Waals surface area contributed by atoms with Crippen molar-refractivity contribution in [2.45, 2.75) is 46.7 Å². The third-order valence-corrected chi connectivity index (χ3v) is 6.51. The molecule has 2 amide bonds. The van der Waals surface area contributed by atoms with Gasteiger partial charge in [-0.05, 0) is 49.9 Å². The first-order valence-corrected chi connectivity index (χ1v) is 12.4. The number of sulfonamides is 1. The third kappa shape index (κ3) is 6.32. The number of likely N-dealkylation sites (N-methyl/N-ethyl adjacent to an activating group) is 1. The summed E-state index contributed by atoms with van der Waals surface area (Å²) in [6.45, 7) is 7.28. The lowest BCUT2D eigenvalue weighted by atomic mass is 10.1. The van der Waals surface area contributed by atoms with Crippen LogP contribution in [-0.4, -0.2) is 51.0 Å². The van der Waals surface area contributed by atoms with E-state index in [-0.39, 0.29) is 19.0 Å². The van der Waals surface area contributed by atoms with Gasteiger partial charge < -0.3 is 10.2 Å². The number of aryl methyl sites for hydroxylation is 3. The highest BCUT2D eigenvalue weighted by Gasteiger charge is 2.31. The van der Waals surface area contributed by atoms with Crippen molar-refractivity contribution < 1.29 is 18.0 Å². The quantitative estimate of drug-likeness (QED) is 0.625. The second kappa shape index (κ2) is 10.6. The van der Waals surface area contributed by atoms with Crippen molar-refractivity contribution in [2.75, 3.05) is 24.2 Å². The lowest BCUT2D eigenvalue weighted by Crippen LogP contribution is -2.51. The summed E-state index contributed by atoms with van der Waals surface area (Å²) >= 11 is 0. The maximum atomic E-state index is 13.5. The van der Waals surface area contributed by atoms with Crippen LogP contribution in [0.15, 0.2) is 42.5 Å². The molecule has 0 spiro atoms. The van der Waals surface area contributed by atoms with Crippen molar-refractivity contribution in [3.63, 3.8) is 0 Å². The van der Waals surface area contributed by atoms with Gasteiger partial charge in [-0.15, -0.1) is 0 Å².